The number of aliphatic hydroxyl groups is 1. The fourth-order valence-electron chi connectivity index (χ4n) is 3.26. The zero-order valence-electron chi connectivity index (χ0n) is 14.1. The third-order valence-corrected chi connectivity index (χ3v) is 4.16. The number of piperidine rings is 1. The number of imidazole rings is 1. The molecule has 0 bridgehead atoms. The maximum Gasteiger partial charge on any atom is 0.165 e. The van der Waals surface area contributed by atoms with Gasteiger partial charge in [0.15, 0.2) is 17.0 Å². The Labute approximate surface area is 136 Å². The van der Waals surface area contributed by atoms with Crippen molar-refractivity contribution in [1.82, 2.24) is 19.5 Å². The average Bonchev–Trinajstić information content (AvgIpc) is 2.89. The maximum absolute atomic E-state index is 10.0. The van der Waals surface area contributed by atoms with Crippen molar-refractivity contribution in [2.45, 2.75) is 38.8 Å². The first-order valence-electron chi connectivity index (χ1n) is 8.10. The Balaban J connectivity index is 1.89. The van der Waals surface area contributed by atoms with E-state index in [-0.39, 0.29) is 0 Å². The number of methoxy groups -OCH3 is 1. The molecule has 1 aliphatic heterocycles. The van der Waals surface area contributed by atoms with Crippen LogP contribution in [0.25, 0.3) is 11.2 Å². The van der Waals surface area contributed by atoms with Crippen LogP contribution >= 0.6 is 0 Å². The zero-order chi connectivity index (χ0) is 16.4. The fraction of sp³-hybridized carbons (Fsp3) is 0.688. The molecule has 7 heteroatoms. The molecule has 0 spiro atoms. The normalized spacial score (nSPS) is 19.5. The first-order valence-corrected chi connectivity index (χ1v) is 8.10. The minimum Gasteiger partial charge on any atom is -0.389 e. The Morgan fingerprint density at radius 3 is 2.91 bits per heavy atom. The summed E-state index contributed by atoms with van der Waals surface area (Å²) >= 11 is 0. The molecule has 1 fully saturated rings. The van der Waals surface area contributed by atoms with Crippen LogP contribution in [0, 0.1) is 5.92 Å². The van der Waals surface area contributed by atoms with Gasteiger partial charge < -0.3 is 19.3 Å². The lowest BCUT2D eigenvalue weighted by atomic mass is 9.99. The van der Waals surface area contributed by atoms with E-state index in [1.165, 1.54) is 6.42 Å². The number of ether oxygens (including phenoxy) is 1. The van der Waals surface area contributed by atoms with E-state index in [1.54, 1.807) is 33.6 Å². The van der Waals surface area contributed by atoms with E-state index in [0.29, 0.717) is 12.5 Å². The fourth-order valence-corrected chi connectivity index (χ4v) is 3.26. The number of rotatable bonds is 5. The van der Waals surface area contributed by atoms with E-state index in [9.17, 15) is 5.11 Å². The van der Waals surface area contributed by atoms with Crippen LogP contribution in [-0.2, 0) is 11.3 Å². The summed E-state index contributed by atoms with van der Waals surface area (Å²) in [6.45, 7) is 6.69. The maximum atomic E-state index is 10.0. The molecule has 2 aromatic rings. The molecule has 0 radical (unpaired) electrons. The van der Waals surface area contributed by atoms with Gasteiger partial charge in [-0.1, -0.05) is 0 Å². The van der Waals surface area contributed by atoms with Crippen LogP contribution < -0.4 is 4.90 Å². The number of hydrogen-bond acceptors (Lipinski definition) is 6. The molecule has 126 valence electrons. The molecule has 1 saturated heterocycles. The lowest BCUT2D eigenvalue weighted by molar-refractivity contribution is 0.0625. The van der Waals surface area contributed by atoms with E-state index in [4.69, 9.17) is 4.74 Å². The van der Waals surface area contributed by atoms with Crippen LogP contribution in [0.2, 0.25) is 0 Å². The summed E-state index contributed by atoms with van der Waals surface area (Å²) in [5.74, 6) is 1.41. The van der Waals surface area contributed by atoms with Gasteiger partial charge in [0.2, 0.25) is 0 Å². The van der Waals surface area contributed by atoms with Crippen molar-refractivity contribution in [2.24, 2.45) is 5.92 Å². The number of anilines is 1. The van der Waals surface area contributed by atoms with Crippen LogP contribution in [0.3, 0.4) is 0 Å². The molecule has 1 unspecified atom stereocenters. The predicted molar refractivity (Wildman–Crippen MR) is 88.4 cm³/mol. The third-order valence-electron chi connectivity index (χ3n) is 4.16. The van der Waals surface area contributed by atoms with Gasteiger partial charge in [-0.25, -0.2) is 15.0 Å². The highest BCUT2D eigenvalue weighted by Crippen LogP contribution is 2.27. The quantitative estimate of drug-likeness (QED) is 0.899. The lowest BCUT2D eigenvalue weighted by Gasteiger charge is -2.33. The number of nitrogens with zero attached hydrogens (tertiary/aromatic N) is 5. The molecule has 1 atom stereocenters. The van der Waals surface area contributed by atoms with E-state index < -0.39 is 5.60 Å². The Bertz CT molecular complexity index is 662. The molecule has 0 saturated carbocycles. The van der Waals surface area contributed by atoms with Gasteiger partial charge >= 0.3 is 0 Å². The van der Waals surface area contributed by atoms with Crippen molar-refractivity contribution in [1.29, 1.82) is 0 Å². The SMILES string of the molecule is COCC1CCCN(c2ncnc3c2ncn3CC(C)(C)O)C1. The Morgan fingerprint density at radius 2 is 2.17 bits per heavy atom. The van der Waals surface area contributed by atoms with E-state index >= 15 is 0 Å². The molecule has 3 heterocycles. The smallest absolute Gasteiger partial charge is 0.165 e. The summed E-state index contributed by atoms with van der Waals surface area (Å²) in [4.78, 5) is 15.6. The Hall–Kier alpha value is -1.73. The Morgan fingerprint density at radius 1 is 1.35 bits per heavy atom. The van der Waals surface area contributed by atoms with Gasteiger partial charge in [0.1, 0.15) is 6.33 Å². The van der Waals surface area contributed by atoms with Crippen LogP contribution in [-0.4, -0.2) is 57.0 Å². The van der Waals surface area contributed by atoms with E-state index in [0.717, 1.165) is 43.1 Å². The highest BCUT2D eigenvalue weighted by atomic mass is 16.5. The van der Waals surface area contributed by atoms with Gasteiger partial charge in [-0.3, -0.25) is 0 Å². The van der Waals surface area contributed by atoms with Crippen molar-refractivity contribution in [3.63, 3.8) is 0 Å². The van der Waals surface area contributed by atoms with Crippen molar-refractivity contribution >= 4 is 17.0 Å². The van der Waals surface area contributed by atoms with Gasteiger partial charge in [-0.15, -0.1) is 0 Å². The lowest BCUT2D eigenvalue weighted by Crippen LogP contribution is -2.37. The monoisotopic (exact) mass is 319 g/mol. The number of hydrogen-bond donors (Lipinski definition) is 1. The Kier molecular flexibility index (Phi) is 4.50. The van der Waals surface area contributed by atoms with E-state index in [1.807, 2.05) is 4.57 Å². The predicted octanol–water partition coefficient (Wildman–Crippen LogP) is 1.46. The molecule has 3 rings (SSSR count). The summed E-state index contributed by atoms with van der Waals surface area (Å²) in [6.07, 6.45) is 5.63. The summed E-state index contributed by atoms with van der Waals surface area (Å²) in [5, 5.41) is 10.0. The molecule has 1 N–H and O–H groups in total. The molecule has 0 aromatic carbocycles. The van der Waals surface area contributed by atoms with Crippen molar-refractivity contribution in [3.8, 4) is 0 Å². The highest BCUT2D eigenvalue weighted by Gasteiger charge is 2.24. The molecule has 7 nitrogen and oxygen atoms in total. The van der Waals surface area contributed by atoms with Gasteiger partial charge in [0.05, 0.1) is 25.1 Å². The standard InChI is InChI=1S/C16H25N5O2/c1-16(2,22)9-21-11-19-13-14(17-10-18-15(13)21)20-6-4-5-12(7-20)8-23-3/h10-12,22H,4-9H2,1-3H3. The second-order valence-corrected chi connectivity index (χ2v) is 6.96. The summed E-state index contributed by atoms with van der Waals surface area (Å²) in [7, 11) is 1.75. The van der Waals surface area contributed by atoms with Crippen molar-refractivity contribution in [3.05, 3.63) is 12.7 Å². The first-order chi connectivity index (χ1) is 11.0. The summed E-state index contributed by atoms with van der Waals surface area (Å²) < 4.78 is 7.19. The zero-order valence-corrected chi connectivity index (χ0v) is 14.1. The minimum atomic E-state index is -0.812. The minimum absolute atomic E-state index is 0.451. The first kappa shape index (κ1) is 16.1. The second-order valence-electron chi connectivity index (χ2n) is 6.96. The van der Waals surface area contributed by atoms with Crippen LogP contribution in [0.4, 0.5) is 5.82 Å². The van der Waals surface area contributed by atoms with Crippen LogP contribution in [0.15, 0.2) is 12.7 Å². The van der Waals surface area contributed by atoms with Gasteiger partial charge in [0.25, 0.3) is 0 Å². The van der Waals surface area contributed by atoms with Crippen LogP contribution in [0.5, 0.6) is 0 Å². The van der Waals surface area contributed by atoms with Gasteiger partial charge in [-0.05, 0) is 32.6 Å². The molecule has 2 aromatic heterocycles. The van der Waals surface area contributed by atoms with Crippen molar-refractivity contribution < 1.29 is 9.84 Å². The summed E-state index contributed by atoms with van der Waals surface area (Å²) in [6, 6.07) is 0. The highest BCUT2D eigenvalue weighted by molar-refractivity contribution is 5.83. The third kappa shape index (κ3) is 3.61. The molecule has 23 heavy (non-hydrogen) atoms. The summed E-state index contributed by atoms with van der Waals surface area (Å²) in [5.41, 5.74) is 0.758. The van der Waals surface area contributed by atoms with Crippen LogP contribution in [0.1, 0.15) is 26.7 Å². The largest absolute Gasteiger partial charge is 0.389 e. The molecule has 1 aliphatic rings. The molecule has 0 aliphatic carbocycles. The van der Waals surface area contributed by atoms with E-state index in [2.05, 4.69) is 19.9 Å². The average molecular weight is 319 g/mol. The second kappa shape index (κ2) is 6.41. The van der Waals surface area contributed by atoms with Crippen molar-refractivity contribution in [2.75, 3.05) is 31.7 Å². The van der Waals surface area contributed by atoms with Gasteiger partial charge in [0, 0.05) is 20.2 Å². The number of fused-ring (bicyclic) bond motifs is 1. The molecular weight excluding hydrogens is 294 g/mol. The number of aromatic nitrogens is 4. The molecular formula is C16H25N5O2. The molecule has 0 amide bonds. The topological polar surface area (TPSA) is 76.3 Å². The van der Waals surface area contributed by atoms with Gasteiger partial charge in [-0.2, -0.15) is 0 Å².